The number of carbonyl (C=O) groups excluding carboxylic acids is 1. The number of anilines is 2. The highest BCUT2D eigenvalue weighted by molar-refractivity contribution is 5.92. The number of aromatic nitrogens is 4. The first-order valence-electron chi connectivity index (χ1n) is 8.70. The number of nitriles is 1. The van der Waals surface area contributed by atoms with Gasteiger partial charge in [-0.2, -0.15) is 10.5 Å². The fourth-order valence-electron chi connectivity index (χ4n) is 2.99. The van der Waals surface area contributed by atoms with Gasteiger partial charge in [0.25, 0.3) is 0 Å². The van der Waals surface area contributed by atoms with Gasteiger partial charge in [0.05, 0.1) is 24.0 Å². The van der Waals surface area contributed by atoms with Gasteiger partial charge >= 0.3 is 5.97 Å². The van der Waals surface area contributed by atoms with Crippen LogP contribution in [0.2, 0.25) is 0 Å². The average molecular weight is 367 g/mol. The fourth-order valence-corrected chi connectivity index (χ4v) is 2.99. The summed E-state index contributed by atoms with van der Waals surface area (Å²) in [6.45, 7) is 4.13. The summed E-state index contributed by atoms with van der Waals surface area (Å²) in [4.78, 5) is 14.2. The van der Waals surface area contributed by atoms with E-state index >= 15 is 0 Å². The van der Waals surface area contributed by atoms with Crippen molar-refractivity contribution in [3.8, 4) is 6.07 Å². The Morgan fingerprint density at radius 3 is 2.85 bits per heavy atom. The van der Waals surface area contributed by atoms with E-state index in [1.165, 1.54) is 13.3 Å². The van der Waals surface area contributed by atoms with Gasteiger partial charge in [-0.15, -0.1) is 10.2 Å². The lowest BCUT2D eigenvalue weighted by Gasteiger charge is -2.33. The van der Waals surface area contributed by atoms with Crippen molar-refractivity contribution >= 4 is 22.9 Å². The number of piperidine rings is 1. The number of nitrogens with zero attached hydrogens (tertiary/aromatic N) is 5. The van der Waals surface area contributed by atoms with Crippen LogP contribution in [0.5, 0.6) is 0 Å². The molecule has 1 aliphatic rings. The van der Waals surface area contributed by atoms with Gasteiger partial charge in [-0.1, -0.05) is 6.92 Å². The van der Waals surface area contributed by atoms with Gasteiger partial charge in [0.1, 0.15) is 11.6 Å². The van der Waals surface area contributed by atoms with Crippen molar-refractivity contribution in [3.63, 3.8) is 0 Å². The molecule has 0 aliphatic carbocycles. The van der Waals surface area contributed by atoms with Crippen LogP contribution < -0.4 is 10.2 Å². The van der Waals surface area contributed by atoms with Gasteiger partial charge in [-0.05, 0) is 42.2 Å². The number of hydrogen-bond donors (Lipinski definition) is 2. The predicted molar refractivity (Wildman–Crippen MR) is 99.8 cm³/mol. The van der Waals surface area contributed by atoms with Crippen molar-refractivity contribution in [1.29, 1.82) is 5.26 Å². The van der Waals surface area contributed by atoms with Crippen LogP contribution in [-0.4, -0.2) is 46.8 Å². The van der Waals surface area contributed by atoms with Gasteiger partial charge in [0.15, 0.2) is 0 Å². The zero-order chi connectivity index (χ0) is 19.2. The Bertz CT molecular complexity index is 862. The number of hydrogen-bond acceptors (Lipinski definition) is 8. The summed E-state index contributed by atoms with van der Waals surface area (Å²) in [5.74, 6) is 0.484. The van der Waals surface area contributed by atoms with Gasteiger partial charge in [-0.3, -0.25) is 0 Å². The summed E-state index contributed by atoms with van der Waals surface area (Å²) >= 11 is 0. The fraction of sp³-hybridized carbons (Fsp3) is 0.389. The molecule has 0 bridgehead atoms. The third-order valence-electron chi connectivity index (χ3n) is 4.62. The van der Waals surface area contributed by atoms with E-state index in [9.17, 15) is 10.1 Å². The normalized spacial score (nSPS) is 15.3. The smallest absolute Gasteiger partial charge is 0.337 e. The summed E-state index contributed by atoms with van der Waals surface area (Å²) in [6, 6.07) is 7.41. The van der Waals surface area contributed by atoms with Gasteiger partial charge < -0.3 is 15.0 Å². The lowest BCUT2D eigenvalue weighted by atomic mass is 9.98. The maximum atomic E-state index is 11.9. The number of aromatic amines is 1. The molecule has 0 atom stereocenters. The number of tetrazole rings is 1. The second kappa shape index (κ2) is 8.31. The van der Waals surface area contributed by atoms with E-state index in [0.717, 1.165) is 31.6 Å². The number of carbonyl (C=O) groups is 1. The van der Waals surface area contributed by atoms with E-state index in [1.54, 1.807) is 12.1 Å². The molecule has 140 valence electrons. The minimum absolute atomic E-state index is 0.197. The molecule has 0 spiro atoms. The minimum Gasteiger partial charge on any atom is -0.465 e. The standard InChI is InChI=1S/C18H21N7O2/c1-12-5-7-25(8-6-12)16-4-3-13(18(26)27-2)9-15(16)20-11-14(10-19)17-21-23-24-22-17/h3-4,9,11-12,20H,5-8H2,1-2H3,(H,21,22,23,24). The molecule has 1 saturated heterocycles. The first-order chi connectivity index (χ1) is 13.1. The summed E-state index contributed by atoms with van der Waals surface area (Å²) in [7, 11) is 1.35. The summed E-state index contributed by atoms with van der Waals surface area (Å²) in [6.07, 6.45) is 3.73. The lowest BCUT2D eigenvalue weighted by molar-refractivity contribution is 0.0601. The van der Waals surface area contributed by atoms with Gasteiger partial charge in [0.2, 0.25) is 5.82 Å². The van der Waals surface area contributed by atoms with Crippen molar-refractivity contribution in [2.75, 3.05) is 30.4 Å². The molecule has 2 N–H and O–H groups in total. The molecule has 9 heteroatoms. The van der Waals surface area contributed by atoms with E-state index in [-0.39, 0.29) is 11.4 Å². The maximum absolute atomic E-state index is 11.9. The highest BCUT2D eigenvalue weighted by Gasteiger charge is 2.20. The zero-order valence-electron chi connectivity index (χ0n) is 15.3. The van der Waals surface area contributed by atoms with Crippen LogP contribution in [0.15, 0.2) is 24.4 Å². The van der Waals surface area contributed by atoms with E-state index < -0.39 is 5.97 Å². The number of H-pyrrole nitrogens is 1. The number of allylic oxidation sites excluding steroid dienone is 1. The second-order valence-corrected chi connectivity index (χ2v) is 6.44. The Hall–Kier alpha value is -3.41. The quantitative estimate of drug-likeness (QED) is 0.609. The molecule has 0 amide bonds. The largest absolute Gasteiger partial charge is 0.465 e. The summed E-state index contributed by atoms with van der Waals surface area (Å²) < 4.78 is 4.82. The van der Waals surface area contributed by atoms with Crippen LogP contribution in [0.4, 0.5) is 11.4 Å². The molecule has 1 aromatic carbocycles. The molecule has 1 aromatic heterocycles. The van der Waals surface area contributed by atoms with Crippen LogP contribution in [-0.2, 0) is 4.74 Å². The predicted octanol–water partition coefficient (Wildman–Crippen LogP) is 2.20. The molecular weight excluding hydrogens is 346 g/mol. The van der Waals surface area contributed by atoms with Crippen LogP contribution in [0, 0.1) is 17.2 Å². The zero-order valence-corrected chi connectivity index (χ0v) is 15.3. The Labute approximate surface area is 157 Å². The highest BCUT2D eigenvalue weighted by Crippen LogP contribution is 2.31. The third kappa shape index (κ3) is 4.23. The summed E-state index contributed by atoms with van der Waals surface area (Å²) in [5.41, 5.74) is 2.34. The second-order valence-electron chi connectivity index (χ2n) is 6.44. The molecule has 27 heavy (non-hydrogen) atoms. The van der Waals surface area contributed by atoms with Crippen LogP contribution in [0.25, 0.3) is 5.57 Å². The molecule has 1 fully saturated rings. The molecule has 0 saturated carbocycles. The number of rotatable bonds is 5. The lowest BCUT2D eigenvalue weighted by Crippen LogP contribution is -2.33. The SMILES string of the molecule is COC(=O)c1ccc(N2CCC(C)CC2)c(NC=C(C#N)c2nn[nH]n2)c1. The van der Waals surface area contributed by atoms with E-state index in [1.807, 2.05) is 12.1 Å². The monoisotopic (exact) mass is 367 g/mol. The first kappa shape index (κ1) is 18.4. The third-order valence-corrected chi connectivity index (χ3v) is 4.62. The van der Waals surface area contributed by atoms with E-state index in [4.69, 9.17) is 4.74 Å². The van der Waals surface area contributed by atoms with Crippen LogP contribution >= 0.6 is 0 Å². The number of benzene rings is 1. The topological polar surface area (TPSA) is 120 Å². The molecule has 0 unspecified atom stereocenters. The summed E-state index contributed by atoms with van der Waals surface area (Å²) in [5, 5.41) is 25.9. The Kier molecular flexibility index (Phi) is 5.66. The maximum Gasteiger partial charge on any atom is 0.337 e. The molecule has 2 heterocycles. The van der Waals surface area contributed by atoms with Crippen molar-refractivity contribution in [1.82, 2.24) is 20.6 Å². The number of nitrogens with one attached hydrogen (secondary N) is 2. The van der Waals surface area contributed by atoms with E-state index in [2.05, 4.69) is 37.8 Å². The molecule has 0 radical (unpaired) electrons. The van der Waals surface area contributed by atoms with Crippen molar-refractivity contribution in [3.05, 3.63) is 35.8 Å². The van der Waals surface area contributed by atoms with Crippen molar-refractivity contribution in [2.45, 2.75) is 19.8 Å². The molecule has 1 aliphatic heterocycles. The Morgan fingerprint density at radius 2 is 2.22 bits per heavy atom. The molecule has 3 rings (SSSR count). The van der Waals surface area contributed by atoms with Gasteiger partial charge in [0, 0.05) is 19.3 Å². The minimum atomic E-state index is -0.417. The molecule has 9 nitrogen and oxygen atoms in total. The number of esters is 1. The number of ether oxygens (including phenoxy) is 1. The Morgan fingerprint density at radius 1 is 1.44 bits per heavy atom. The first-order valence-corrected chi connectivity index (χ1v) is 8.70. The Balaban J connectivity index is 1.92. The van der Waals surface area contributed by atoms with Crippen LogP contribution in [0.1, 0.15) is 35.9 Å². The average Bonchev–Trinajstić information content (AvgIpc) is 3.23. The highest BCUT2D eigenvalue weighted by atomic mass is 16.5. The van der Waals surface area contributed by atoms with Crippen LogP contribution in [0.3, 0.4) is 0 Å². The molecular formula is C18H21N7O2. The van der Waals surface area contributed by atoms with Crippen molar-refractivity contribution in [2.24, 2.45) is 5.92 Å². The van der Waals surface area contributed by atoms with E-state index in [0.29, 0.717) is 17.2 Å². The number of methoxy groups -OCH3 is 1. The van der Waals surface area contributed by atoms with Crippen molar-refractivity contribution < 1.29 is 9.53 Å². The van der Waals surface area contributed by atoms with Gasteiger partial charge in [-0.25, -0.2) is 4.79 Å². The molecule has 2 aromatic rings.